The molecule has 0 aromatic heterocycles. The standard InChI is InChI=1S/C28H42O4Si/c1-20-26-23(25(29)17-16-24(26)28(20)30-18-19-31-28)15-14-22(32-33(5,6)27(2,3)4)13-12-21-10-8-7-9-11-21/h7-11,20,22-26,29H,12-13,16-19H2,1-6H3/t20?,22-,23+,24+,25-,26-/m1/s1. The molecule has 182 valence electrons. The first-order chi connectivity index (χ1) is 15.6. The van der Waals surface area contributed by atoms with Crippen LogP contribution in [0.1, 0.15) is 52.5 Å². The van der Waals surface area contributed by atoms with Crippen LogP contribution in [0.3, 0.4) is 0 Å². The van der Waals surface area contributed by atoms with Gasteiger partial charge in [0.05, 0.1) is 25.2 Å². The number of aryl methyl sites for hydroxylation is 1. The third-order valence-electron chi connectivity index (χ3n) is 8.73. The monoisotopic (exact) mass is 470 g/mol. The van der Waals surface area contributed by atoms with Gasteiger partial charge in [-0.25, -0.2) is 0 Å². The number of hydrogen-bond donors (Lipinski definition) is 1. The van der Waals surface area contributed by atoms with E-state index in [4.69, 9.17) is 13.9 Å². The van der Waals surface area contributed by atoms with E-state index in [1.165, 1.54) is 5.56 Å². The SMILES string of the molecule is CC1[C@@H]2[C@@H](C#C[C@@H](CCc3ccccc3)O[Si](C)(C)C(C)(C)C)[C@H](O)CC[C@@H]2C12OCCO2. The molecule has 3 aliphatic rings. The number of ether oxygens (including phenoxy) is 2. The summed E-state index contributed by atoms with van der Waals surface area (Å²) in [5, 5.41) is 11.0. The van der Waals surface area contributed by atoms with E-state index in [0.29, 0.717) is 25.0 Å². The van der Waals surface area contributed by atoms with Crippen LogP contribution in [0.15, 0.2) is 30.3 Å². The van der Waals surface area contributed by atoms with Crippen LogP contribution in [0.5, 0.6) is 0 Å². The zero-order chi connectivity index (χ0) is 23.9. The highest BCUT2D eigenvalue weighted by atomic mass is 28.4. The second kappa shape index (κ2) is 9.47. The van der Waals surface area contributed by atoms with Crippen molar-refractivity contribution in [2.24, 2.45) is 23.7 Å². The first kappa shape index (κ1) is 24.9. The van der Waals surface area contributed by atoms with Gasteiger partial charge in [-0.15, -0.1) is 0 Å². The highest BCUT2D eigenvalue weighted by Gasteiger charge is 2.67. The molecule has 33 heavy (non-hydrogen) atoms. The van der Waals surface area contributed by atoms with E-state index in [2.05, 4.69) is 83.0 Å². The van der Waals surface area contributed by atoms with Crippen molar-refractivity contribution in [2.45, 2.75) is 89.5 Å². The molecule has 1 unspecified atom stereocenters. The zero-order valence-electron chi connectivity index (χ0n) is 21.3. The maximum atomic E-state index is 10.9. The molecule has 4 rings (SSSR count). The number of hydrogen-bond acceptors (Lipinski definition) is 4. The summed E-state index contributed by atoms with van der Waals surface area (Å²) in [6, 6.07) is 10.6. The molecule has 0 amide bonds. The van der Waals surface area contributed by atoms with E-state index in [0.717, 1.165) is 25.7 Å². The quantitative estimate of drug-likeness (QED) is 0.462. The molecule has 1 heterocycles. The largest absolute Gasteiger partial charge is 0.403 e. The first-order valence-corrected chi connectivity index (χ1v) is 15.6. The second-order valence-corrected chi connectivity index (χ2v) is 16.5. The van der Waals surface area contributed by atoms with Crippen molar-refractivity contribution in [2.75, 3.05) is 13.2 Å². The van der Waals surface area contributed by atoms with Crippen molar-refractivity contribution in [3.05, 3.63) is 35.9 Å². The highest BCUT2D eigenvalue weighted by molar-refractivity contribution is 6.74. The fourth-order valence-corrected chi connectivity index (χ4v) is 7.03. The molecule has 4 nitrogen and oxygen atoms in total. The van der Waals surface area contributed by atoms with E-state index < -0.39 is 14.1 Å². The van der Waals surface area contributed by atoms with Gasteiger partial charge >= 0.3 is 0 Å². The van der Waals surface area contributed by atoms with E-state index in [1.807, 2.05) is 0 Å². The summed E-state index contributed by atoms with van der Waals surface area (Å²) < 4.78 is 19.0. The summed E-state index contributed by atoms with van der Waals surface area (Å²) in [5.74, 6) is 7.49. The predicted octanol–water partition coefficient (Wildman–Crippen LogP) is 5.41. The molecular weight excluding hydrogens is 428 g/mol. The molecule has 2 aliphatic carbocycles. The van der Waals surface area contributed by atoms with Crippen LogP contribution in [0.2, 0.25) is 18.1 Å². The minimum absolute atomic E-state index is 0.0422. The fourth-order valence-electron chi connectivity index (χ4n) is 5.78. The number of rotatable bonds is 5. The molecular formula is C28H42O4Si. The summed E-state index contributed by atoms with van der Waals surface area (Å²) in [7, 11) is -1.97. The summed E-state index contributed by atoms with van der Waals surface area (Å²) in [4.78, 5) is 0. The van der Waals surface area contributed by atoms with Gasteiger partial charge in [0, 0.05) is 11.8 Å². The van der Waals surface area contributed by atoms with E-state index in [-0.39, 0.29) is 29.1 Å². The third-order valence-corrected chi connectivity index (χ3v) is 13.2. The van der Waals surface area contributed by atoms with Gasteiger partial charge in [0.15, 0.2) is 14.1 Å². The molecule has 1 aromatic carbocycles. The van der Waals surface area contributed by atoms with Gasteiger partial charge in [0.2, 0.25) is 0 Å². The van der Waals surface area contributed by atoms with Crippen molar-refractivity contribution in [1.82, 2.24) is 0 Å². The fraction of sp³-hybridized carbons (Fsp3) is 0.714. The lowest BCUT2D eigenvalue weighted by Gasteiger charge is -2.61. The average molecular weight is 471 g/mol. The molecule has 1 saturated heterocycles. The lowest BCUT2D eigenvalue weighted by molar-refractivity contribution is -0.334. The first-order valence-electron chi connectivity index (χ1n) is 12.7. The van der Waals surface area contributed by atoms with Gasteiger partial charge in [-0.2, -0.15) is 0 Å². The predicted molar refractivity (Wildman–Crippen MR) is 134 cm³/mol. The number of aliphatic hydroxyl groups excluding tert-OH is 1. The summed E-state index contributed by atoms with van der Waals surface area (Å²) in [5.41, 5.74) is 1.31. The van der Waals surface area contributed by atoms with Crippen LogP contribution in [-0.2, 0) is 20.3 Å². The van der Waals surface area contributed by atoms with Crippen molar-refractivity contribution in [3.63, 3.8) is 0 Å². The van der Waals surface area contributed by atoms with Crippen molar-refractivity contribution >= 4 is 8.32 Å². The second-order valence-electron chi connectivity index (χ2n) is 11.7. The van der Waals surface area contributed by atoms with Crippen LogP contribution < -0.4 is 0 Å². The van der Waals surface area contributed by atoms with Crippen LogP contribution in [-0.4, -0.2) is 44.6 Å². The normalized spacial score (nSPS) is 31.9. The van der Waals surface area contributed by atoms with E-state index in [1.54, 1.807) is 0 Å². The average Bonchev–Trinajstić information content (AvgIpc) is 3.28. The maximum Gasteiger partial charge on any atom is 0.193 e. The van der Waals surface area contributed by atoms with Crippen molar-refractivity contribution in [1.29, 1.82) is 0 Å². The molecule has 6 atom stereocenters. The van der Waals surface area contributed by atoms with E-state index in [9.17, 15) is 5.11 Å². The van der Waals surface area contributed by atoms with Crippen LogP contribution in [0.4, 0.5) is 0 Å². The molecule has 1 spiro atoms. The van der Waals surface area contributed by atoms with Gasteiger partial charge in [0.25, 0.3) is 0 Å². The lowest BCUT2D eigenvalue weighted by atomic mass is 9.50. The third kappa shape index (κ3) is 4.83. The molecule has 2 saturated carbocycles. The Bertz CT molecular complexity index is 859. The van der Waals surface area contributed by atoms with E-state index >= 15 is 0 Å². The summed E-state index contributed by atoms with van der Waals surface area (Å²) >= 11 is 0. The summed E-state index contributed by atoms with van der Waals surface area (Å²) in [6.45, 7) is 15.0. The van der Waals surface area contributed by atoms with Gasteiger partial charge in [-0.3, -0.25) is 0 Å². The van der Waals surface area contributed by atoms with Crippen LogP contribution in [0.25, 0.3) is 0 Å². The Balaban J connectivity index is 1.53. The molecule has 0 bridgehead atoms. The zero-order valence-corrected chi connectivity index (χ0v) is 22.3. The summed E-state index contributed by atoms with van der Waals surface area (Å²) in [6.07, 6.45) is 3.01. The Labute approximate surface area is 201 Å². The van der Waals surface area contributed by atoms with Crippen LogP contribution >= 0.6 is 0 Å². The lowest BCUT2D eigenvalue weighted by Crippen LogP contribution is -2.67. The Morgan fingerprint density at radius 3 is 2.45 bits per heavy atom. The smallest absolute Gasteiger partial charge is 0.193 e. The van der Waals surface area contributed by atoms with Gasteiger partial charge in [-0.1, -0.05) is 69.9 Å². The van der Waals surface area contributed by atoms with Gasteiger partial charge in [-0.05, 0) is 55.3 Å². The molecule has 1 aliphatic heterocycles. The molecule has 1 aromatic rings. The molecule has 0 radical (unpaired) electrons. The number of benzene rings is 1. The maximum absolute atomic E-state index is 10.9. The molecule has 1 N–H and O–H groups in total. The number of fused-ring (bicyclic) bond motifs is 2. The van der Waals surface area contributed by atoms with Crippen LogP contribution in [0, 0.1) is 35.5 Å². The highest BCUT2D eigenvalue weighted by Crippen LogP contribution is 2.61. The van der Waals surface area contributed by atoms with Gasteiger partial charge < -0.3 is 19.0 Å². The molecule has 3 fully saturated rings. The Hall–Kier alpha value is -1.16. The van der Waals surface area contributed by atoms with Crippen molar-refractivity contribution in [3.8, 4) is 11.8 Å². The number of aliphatic hydroxyl groups is 1. The minimum atomic E-state index is -1.97. The molecule has 5 heteroatoms. The van der Waals surface area contributed by atoms with Gasteiger partial charge in [0.1, 0.15) is 6.10 Å². The Kier molecular flexibility index (Phi) is 7.16. The Morgan fingerprint density at radius 2 is 1.82 bits per heavy atom. The Morgan fingerprint density at radius 1 is 1.15 bits per heavy atom. The minimum Gasteiger partial charge on any atom is -0.403 e. The topological polar surface area (TPSA) is 47.9 Å². The van der Waals surface area contributed by atoms with Crippen molar-refractivity contribution < 1.29 is 19.0 Å².